The number of nitriles is 1. The molecule has 0 heterocycles. The van der Waals surface area contributed by atoms with E-state index in [4.69, 9.17) is 0 Å². The van der Waals surface area contributed by atoms with Crippen molar-refractivity contribution in [1.29, 1.82) is 5.26 Å². The Morgan fingerprint density at radius 2 is 2.00 bits per heavy atom. The van der Waals surface area contributed by atoms with Crippen LogP contribution in [0.3, 0.4) is 0 Å². The Kier molecular flexibility index (Phi) is 4.81. The maximum Gasteiger partial charge on any atom is 0.261 e. The SMILES string of the molecule is CC(C)(C)[S@@+]([O-])N[C@@H](C#N)[C@@]1(c2ccc(Br)c(F)c2)CC1(F)F. The number of nitrogens with one attached hydrogen (secondary N) is 1. The van der Waals surface area contributed by atoms with Gasteiger partial charge >= 0.3 is 0 Å². The summed E-state index contributed by atoms with van der Waals surface area (Å²) >= 11 is 1.27. The van der Waals surface area contributed by atoms with Crippen LogP contribution in [0, 0.1) is 17.1 Å². The van der Waals surface area contributed by atoms with Gasteiger partial charge in [-0.25, -0.2) is 13.2 Å². The van der Waals surface area contributed by atoms with Crippen LogP contribution in [-0.2, 0) is 16.8 Å². The van der Waals surface area contributed by atoms with Crippen LogP contribution in [0.2, 0.25) is 0 Å². The van der Waals surface area contributed by atoms with E-state index in [1.165, 1.54) is 12.1 Å². The third-order valence-electron chi connectivity index (χ3n) is 3.87. The molecule has 1 aliphatic carbocycles. The van der Waals surface area contributed by atoms with Crippen LogP contribution in [0.5, 0.6) is 0 Å². The molecule has 3 nitrogen and oxygen atoms in total. The molecule has 1 aromatic rings. The minimum absolute atomic E-state index is 0.0214. The number of hydrogen-bond acceptors (Lipinski definition) is 3. The molecule has 0 saturated heterocycles. The van der Waals surface area contributed by atoms with Crippen molar-refractivity contribution in [2.24, 2.45) is 0 Å². The second-order valence-corrected chi connectivity index (χ2v) is 9.39. The van der Waals surface area contributed by atoms with Crippen LogP contribution in [0.15, 0.2) is 22.7 Å². The number of hydrogen-bond donors (Lipinski definition) is 1. The summed E-state index contributed by atoms with van der Waals surface area (Å²) in [6.45, 7) is 5.00. The van der Waals surface area contributed by atoms with E-state index in [1.54, 1.807) is 26.8 Å². The monoisotopic (exact) mass is 408 g/mol. The maximum absolute atomic E-state index is 14.1. The van der Waals surface area contributed by atoms with E-state index in [0.717, 1.165) is 6.07 Å². The Labute approximate surface area is 144 Å². The molecule has 1 saturated carbocycles. The molecule has 1 N–H and O–H groups in total. The molecule has 0 unspecified atom stereocenters. The van der Waals surface area contributed by atoms with Crippen molar-refractivity contribution in [3.63, 3.8) is 0 Å². The second-order valence-electron chi connectivity index (χ2n) is 6.54. The summed E-state index contributed by atoms with van der Waals surface area (Å²) in [4.78, 5) is 0. The average molecular weight is 409 g/mol. The van der Waals surface area contributed by atoms with Gasteiger partial charge in [-0.2, -0.15) is 5.26 Å². The molecule has 0 spiro atoms. The Morgan fingerprint density at radius 1 is 1.43 bits per heavy atom. The molecule has 2 rings (SSSR count). The van der Waals surface area contributed by atoms with Crippen molar-refractivity contribution >= 4 is 27.3 Å². The van der Waals surface area contributed by atoms with Gasteiger partial charge in [0.1, 0.15) is 10.6 Å². The highest BCUT2D eigenvalue weighted by Crippen LogP contribution is 2.63. The number of alkyl halides is 2. The Hall–Kier alpha value is -0.750. The summed E-state index contributed by atoms with van der Waals surface area (Å²) in [5.74, 6) is -3.85. The van der Waals surface area contributed by atoms with E-state index >= 15 is 0 Å². The molecule has 0 aromatic heterocycles. The molecule has 8 heteroatoms. The number of rotatable bonds is 4. The number of nitrogens with zero attached hydrogens (tertiary/aromatic N) is 1. The molecule has 0 aliphatic heterocycles. The fourth-order valence-electron chi connectivity index (χ4n) is 2.39. The number of halogens is 4. The predicted octanol–water partition coefficient (Wildman–Crippen LogP) is 3.81. The fourth-order valence-corrected chi connectivity index (χ4v) is 3.46. The van der Waals surface area contributed by atoms with Gasteiger partial charge in [-0.3, -0.25) is 0 Å². The minimum Gasteiger partial charge on any atom is -0.598 e. The molecule has 1 aliphatic rings. The topological polar surface area (TPSA) is 58.9 Å². The largest absolute Gasteiger partial charge is 0.598 e. The molecule has 3 atom stereocenters. The predicted molar refractivity (Wildman–Crippen MR) is 85.8 cm³/mol. The van der Waals surface area contributed by atoms with Gasteiger partial charge in [-0.05, 0) is 54.4 Å². The first-order valence-electron chi connectivity index (χ1n) is 6.87. The highest BCUT2D eigenvalue weighted by molar-refractivity contribution is 9.10. The van der Waals surface area contributed by atoms with E-state index in [2.05, 4.69) is 20.7 Å². The molecule has 1 fully saturated rings. The lowest BCUT2D eigenvalue weighted by molar-refractivity contribution is 0.0834. The van der Waals surface area contributed by atoms with Gasteiger partial charge in [0.15, 0.2) is 6.04 Å². The van der Waals surface area contributed by atoms with Crippen molar-refractivity contribution in [3.05, 3.63) is 34.1 Å². The standard InChI is InChI=1S/C15H16BrF3N2OS/c1-13(2,3)23(22)21-12(7-20)14(8-15(14,18)19)9-4-5-10(16)11(17)6-9/h4-6,12,21H,8H2,1-3H3/t12-,14-,23+/m0/s1. The molecule has 1 aromatic carbocycles. The zero-order valence-electron chi connectivity index (χ0n) is 12.8. The summed E-state index contributed by atoms with van der Waals surface area (Å²) in [6.07, 6.45) is -0.590. The third kappa shape index (κ3) is 3.25. The first kappa shape index (κ1) is 18.6. The second kappa shape index (κ2) is 5.96. The van der Waals surface area contributed by atoms with Crippen LogP contribution in [0.4, 0.5) is 13.2 Å². The van der Waals surface area contributed by atoms with Gasteiger partial charge in [-0.15, -0.1) is 4.72 Å². The molecule has 23 heavy (non-hydrogen) atoms. The molecular formula is C15H16BrF3N2OS. The lowest BCUT2D eigenvalue weighted by Crippen LogP contribution is -2.50. The van der Waals surface area contributed by atoms with Gasteiger partial charge in [0.2, 0.25) is 0 Å². The van der Waals surface area contributed by atoms with E-state index in [0.29, 0.717) is 0 Å². The first-order valence-corrected chi connectivity index (χ1v) is 8.81. The first-order chi connectivity index (χ1) is 10.5. The lowest BCUT2D eigenvalue weighted by Gasteiger charge is -2.29. The van der Waals surface area contributed by atoms with Crippen molar-refractivity contribution < 1.29 is 17.7 Å². The van der Waals surface area contributed by atoms with Gasteiger partial charge in [-0.1, -0.05) is 6.07 Å². The normalized spacial score (nSPS) is 25.5. The molecule has 126 valence electrons. The maximum atomic E-state index is 14.1. The number of benzene rings is 1. The van der Waals surface area contributed by atoms with Crippen LogP contribution >= 0.6 is 15.9 Å². The van der Waals surface area contributed by atoms with Crippen LogP contribution in [-0.4, -0.2) is 21.3 Å². The average Bonchev–Trinajstić information content (AvgIpc) is 3.01. The summed E-state index contributed by atoms with van der Waals surface area (Å²) < 4.78 is 56.1. The van der Waals surface area contributed by atoms with Crippen LogP contribution in [0.25, 0.3) is 0 Å². The van der Waals surface area contributed by atoms with E-state index in [1.807, 2.05) is 0 Å². The Morgan fingerprint density at radius 3 is 2.39 bits per heavy atom. The zero-order chi connectivity index (χ0) is 17.6. The van der Waals surface area contributed by atoms with Crippen molar-refractivity contribution in [2.45, 2.75) is 49.3 Å². The van der Waals surface area contributed by atoms with E-state index < -0.39 is 45.7 Å². The van der Waals surface area contributed by atoms with Gasteiger partial charge in [0.05, 0.1) is 16.0 Å². The summed E-state index contributed by atoms with van der Waals surface area (Å²) in [5.41, 5.74) is -1.85. The van der Waals surface area contributed by atoms with Crippen molar-refractivity contribution in [2.75, 3.05) is 0 Å². The van der Waals surface area contributed by atoms with Crippen LogP contribution < -0.4 is 4.72 Å². The van der Waals surface area contributed by atoms with Gasteiger partial charge in [0, 0.05) is 17.8 Å². The molecule has 0 amide bonds. The van der Waals surface area contributed by atoms with Crippen molar-refractivity contribution in [3.8, 4) is 6.07 Å². The third-order valence-corrected chi connectivity index (χ3v) is 6.07. The highest BCUT2D eigenvalue weighted by Gasteiger charge is 2.76. The zero-order valence-corrected chi connectivity index (χ0v) is 15.2. The molecule has 0 bridgehead atoms. The smallest absolute Gasteiger partial charge is 0.261 e. The quantitative estimate of drug-likeness (QED) is 0.770. The van der Waals surface area contributed by atoms with E-state index in [-0.39, 0.29) is 10.0 Å². The highest BCUT2D eigenvalue weighted by atomic mass is 79.9. The van der Waals surface area contributed by atoms with E-state index in [9.17, 15) is 23.0 Å². The van der Waals surface area contributed by atoms with Gasteiger partial charge in [0.25, 0.3) is 5.92 Å². The Balaban J connectivity index is 2.41. The Bertz CT molecular complexity index is 659. The van der Waals surface area contributed by atoms with Gasteiger partial charge < -0.3 is 4.55 Å². The minimum atomic E-state index is -3.16. The summed E-state index contributed by atoms with van der Waals surface area (Å²) in [7, 11) is 0. The summed E-state index contributed by atoms with van der Waals surface area (Å²) in [6, 6.07) is 4.07. The molecule has 0 radical (unpaired) electrons. The fraction of sp³-hybridized carbons (Fsp3) is 0.533. The van der Waals surface area contributed by atoms with Crippen molar-refractivity contribution in [1.82, 2.24) is 4.72 Å². The van der Waals surface area contributed by atoms with Crippen LogP contribution in [0.1, 0.15) is 32.8 Å². The molecular weight excluding hydrogens is 393 g/mol. The lowest BCUT2D eigenvalue weighted by atomic mass is 9.88. The summed E-state index contributed by atoms with van der Waals surface area (Å²) in [5, 5.41) is 9.35.